The van der Waals surface area contributed by atoms with Crippen LogP contribution < -0.4 is 10.9 Å². The van der Waals surface area contributed by atoms with Crippen molar-refractivity contribution in [2.75, 3.05) is 5.32 Å². The van der Waals surface area contributed by atoms with Crippen LogP contribution in [0.5, 0.6) is 0 Å². The molecule has 2 aliphatic rings. The lowest BCUT2D eigenvalue weighted by molar-refractivity contribution is -0.120. The van der Waals surface area contributed by atoms with E-state index in [0.29, 0.717) is 27.9 Å². The molecule has 2 aromatic heterocycles. The van der Waals surface area contributed by atoms with Gasteiger partial charge in [-0.3, -0.25) is 19.1 Å². The summed E-state index contributed by atoms with van der Waals surface area (Å²) in [6.45, 7) is 2.64. The summed E-state index contributed by atoms with van der Waals surface area (Å²) in [6.07, 6.45) is 11.1. The van der Waals surface area contributed by atoms with Gasteiger partial charge in [0.1, 0.15) is 5.02 Å². The Morgan fingerprint density at radius 2 is 2.05 bits per heavy atom. The highest BCUT2D eigenvalue weighted by atomic mass is 35.5. The zero-order valence-corrected chi connectivity index (χ0v) is 23.5. The van der Waals surface area contributed by atoms with Crippen molar-refractivity contribution < 1.29 is 18.0 Å². The van der Waals surface area contributed by atoms with E-state index in [1.807, 2.05) is 6.92 Å². The van der Waals surface area contributed by atoms with Gasteiger partial charge in [-0.25, -0.2) is 9.07 Å². The molecule has 7 nitrogen and oxygen atoms in total. The van der Waals surface area contributed by atoms with E-state index in [1.165, 1.54) is 41.5 Å². The third-order valence-electron chi connectivity index (χ3n) is 7.66. The number of halogens is 4. The molecule has 1 amide bonds. The third kappa shape index (κ3) is 5.79. The fraction of sp³-hybridized carbons (Fsp3) is 0.333. The SMILES string of the molecule is C/C=C/N=C(/C=C/n1c(C)cc(C2CC2c2cnn(C(F)F)c2)c(Cl)c1=O)c1cccc(NC(=O)C2(C)CC2)c1F. The van der Waals surface area contributed by atoms with Crippen LogP contribution in [0.25, 0.3) is 6.20 Å². The van der Waals surface area contributed by atoms with Crippen LogP contribution in [0, 0.1) is 18.2 Å². The molecule has 214 valence electrons. The molecule has 0 aliphatic heterocycles. The number of hydrogen-bond donors (Lipinski definition) is 1. The maximum atomic E-state index is 15.5. The molecule has 3 aromatic rings. The normalized spacial score (nSPS) is 19.9. The summed E-state index contributed by atoms with van der Waals surface area (Å²) in [5, 5.41) is 6.41. The molecular formula is C30H29ClF3N5O2. The topological polar surface area (TPSA) is 81.3 Å². The number of carbonyl (C=O) groups excluding carboxylic acids is 1. The summed E-state index contributed by atoms with van der Waals surface area (Å²) in [5.74, 6) is -0.998. The molecule has 11 heteroatoms. The van der Waals surface area contributed by atoms with E-state index in [9.17, 15) is 18.4 Å². The van der Waals surface area contributed by atoms with Crippen LogP contribution in [0.1, 0.15) is 73.9 Å². The van der Waals surface area contributed by atoms with E-state index in [-0.39, 0.29) is 39.7 Å². The van der Waals surface area contributed by atoms with Gasteiger partial charge in [0.2, 0.25) is 5.91 Å². The minimum Gasteiger partial charge on any atom is -0.323 e. The number of rotatable bonds is 9. The summed E-state index contributed by atoms with van der Waals surface area (Å²) in [6, 6.07) is 6.47. The van der Waals surface area contributed by atoms with Crippen LogP contribution in [0.3, 0.4) is 0 Å². The van der Waals surface area contributed by atoms with Gasteiger partial charge in [0.25, 0.3) is 5.56 Å². The van der Waals surface area contributed by atoms with Crippen LogP contribution in [0.2, 0.25) is 5.02 Å². The van der Waals surface area contributed by atoms with Gasteiger partial charge in [-0.1, -0.05) is 30.7 Å². The average Bonchev–Trinajstić information content (AvgIpc) is 3.85. The lowest BCUT2D eigenvalue weighted by Gasteiger charge is -2.13. The molecular weight excluding hydrogens is 555 g/mol. The lowest BCUT2D eigenvalue weighted by atomic mass is 10.1. The number of amides is 1. The van der Waals surface area contributed by atoms with E-state index in [2.05, 4.69) is 15.4 Å². The minimum atomic E-state index is -2.72. The Kier molecular flexibility index (Phi) is 7.78. The molecule has 0 spiro atoms. The van der Waals surface area contributed by atoms with E-state index >= 15 is 4.39 Å². The largest absolute Gasteiger partial charge is 0.333 e. The first-order valence-electron chi connectivity index (χ1n) is 13.3. The number of anilines is 1. The first kappa shape index (κ1) is 28.6. The Labute approximate surface area is 240 Å². The highest BCUT2D eigenvalue weighted by molar-refractivity contribution is 6.31. The zero-order chi connectivity index (χ0) is 29.5. The molecule has 0 bridgehead atoms. The van der Waals surface area contributed by atoms with Crippen molar-refractivity contribution in [1.82, 2.24) is 14.3 Å². The molecule has 2 atom stereocenters. The Morgan fingerprint density at radius 3 is 2.71 bits per heavy atom. The van der Waals surface area contributed by atoms with Crippen molar-refractivity contribution >= 4 is 35.1 Å². The monoisotopic (exact) mass is 583 g/mol. The standard InChI is InChI=1S/C30H29ClF3N5O2/c1-4-11-35-23(19-6-5-7-24(26(19)32)37-28(41)30(3)9-10-30)8-12-38-17(2)13-22(25(31)27(38)40)21-14-20(21)18-15-36-39(16-18)29(33)34/h4-8,11-13,15-16,20-21,29H,9-10,14H2,1-3H3,(H,37,41)/b11-4+,12-8+,35-23-. The van der Waals surface area contributed by atoms with Crippen molar-refractivity contribution in [3.8, 4) is 0 Å². The number of nitrogens with zero attached hydrogens (tertiary/aromatic N) is 4. The first-order valence-corrected chi connectivity index (χ1v) is 13.6. The Morgan fingerprint density at radius 1 is 1.29 bits per heavy atom. The van der Waals surface area contributed by atoms with E-state index in [1.54, 1.807) is 38.1 Å². The maximum Gasteiger partial charge on any atom is 0.333 e. The molecule has 41 heavy (non-hydrogen) atoms. The molecule has 1 aromatic carbocycles. The fourth-order valence-corrected chi connectivity index (χ4v) is 5.06. The number of carbonyl (C=O) groups is 1. The predicted octanol–water partition coefficient (Wildman–Crippen LogP) is 7.04. The van der Waals surface area contributed by atoms with Crippen LogP contribution in [0.15, 0.2) is 64.8 Å². The van der Waals surface area contributed by atoms with Crippen LogP contribution in [-0.2, 0) is 4.79 Å². The first-order chi connectivity index (χ1) is 19.5. The number of aliphatic imine (C=N–C) groups is 1. The van der Waals surface area contributed by atoms with E-state index < -0.39 is 23.3 Å². The molecule has 2 aliphatic carbocycles. The number of hydrogen-bond acceptors (Lipinski definition) is 4. The van der Waals surface area contributed by atoms with Gasteiger partial charge in [0.15, 0.2) is 5.82 Å². The second-order valence-corrected chi connectivity index (χ2v) is 11.1. The lowest BCUT2D eigenvalue weighted by Crippen LogP contribution is -2.22. The molecule has 0 radical (unpaired) electrons. The molecule has 0 saturated heterocycles. The number of benzene rings is 1. The second kappa shape index (κ2) is 11.2. The smallest absolute Gasteiger partial charge is 0.323 e. The molecule has 2 heterocycles. The van der Waals surface area contributed by atoms with Gasteiger partial charge in [0.05, 0.1) is 17.6 Å². The highest BCUT2D eigenvalue weighted by Crippen LogP contribution is 2.55. The number of nitrogens with one attached hydrogen (secondary N) is 1. The number of aromatic nitrogens is 3. The van der Waals surface area contributed by atoms with Crippen LogP contribution >= 0.6 is 11.6 Å². The van der Waals surface area contributed by atoms with Gasteiger partial charge in [-0.15, -0.1) is 0 Å². The van der Waals surface area contributed by atoms with Gasteiger partial charge >= 0.3 is 6.55 Å². The third-order valence-corrected chi connectivity index (χ3v) is 8.04. The van der Waals surface area contributed by atoms with Gasteiger partial charge in [0, 0.05) is 35.3 Å². The Hall–Kier alpha value is -3.92. The van der Waals surface area contributed by atoms with E-state index in [0.717, 1.165) is 12.8 Å². The number of allylic oxidation sites excluding steroid dienone is 2. The van der Waals surface area contributed by atoms with Crippen molar-refractivity contribution in [1.29, 1.82) is 0 Å². The zero-order valence-electron chi connectivity index (χ0n) is 22.7. The summed E-state index contributed by atoms with van der Waals surface area (Å²) >= 11 is 6.52. The van der Waals surface area contributed by atoms with Gasteiger partial charge in [-0.05, 0) is 80.3 Å². The Balaban J connectivity index is 1.42. The van der Waals surface area contributed by atoms with Crippen molar-refractivity contribution in [2.24, 2.45) is 10.4 Å². The Bertz CT molecular complexity index is 1650. The highest BCUT2D eigenvalue weighted by Gasteiger charge is 2.45. The maximum absolute atomic E-state index is 15.5. The number of alkyl halides is 2. The molecule has 2 fully saturated rings. The quantitative estimate of drug-likeness (QED) is 0.274. The summed E-state index contributed by atoms with van der Waals surface area (Å²) in [7, 11) is 0. The van der Waals surface area contributed by atoms with Gasteiger partial charge < -0.3 is 5.32 Å². The summed E-state index contributed by atoms with van der Waals surface area (Å²) < 4.78 is 43.3. The summed E-state index contributed by atoms with van der Waals surface area (Å²) in [4.78, 5) is 30.1. The van der Waals surface area contributed by atoms with E-state index in [4.69, 9.17) is 11.6 Å². The van der Waals surface area contributed by atoms with Crippen molar-refractivity contribution in [3.05, 3.63) is 98.6 Å². The fourth-order valence-electron chi connectivity index (χ4n) is 4.78. The average molecular weight is 584 g/mol. The van der Waals surface area contributed by atoms with Gasteiger partial charge in [-0.2, -0.15) is 13.9 Å². The van der Waals surface area contributed by atoms with Crippen molar-refractivity contribution in [2.45, 2.75) is 58.4 Å². The predicted molar refractivity (Wildman–Crippen MR) is 153 cm³/mol. The molecule has 5 rings (SSSR count). The van der Waals surface area contributed by atoms with Crippen molar-refractivity contribution in [3.63, 3.8) is 0 Å². The number of pyridine rings is 1. The number of aryl methyl sites for hydroxylation is 1. The van der Waals surface area contributed by atoms with Crippen LogP contribution in [-0.4, -0.2) is 26.0 Å². The van der Waals surface area contributed by atoms with Crippen LogP contribution in [0.4, 0.5) is 18.9 Å². The molecule has 2 saturated carbocycles. The minimum absolute atomic E-state index is 0.0328. The summed E-state index contributed by atoms with van der Waals surface area (Å²) in [5.41, 5.74) is 1.42. The second-order valence-electron chi connectivity index (χ2n) is 10.7. The molecule has 1 N–H and O–H groups in total. The molecule has 2 unspecified atom stereocenters.